The van der Waals surface area contributed by atoms with Gasteiger partial charge in [0.15, 0.2) is 11.0 Å². The zero-order valence-corrected chi connectivity index (χ0v) is 19.4. The molecule has 0 bridgehead atoms. The number of amides is 1. The fourth-order valence-corrected chi connectivity index (χ4v) is 3.90. The van der Waals surface area contributed by atoms with Crippen molar-refractivity contribution in [3.05, 3.63) is 72.1 Å². The first-order valence-corrected chi connectivity index (χ1v) is 11.4. The van der Waals surface area contributed by atoms with Gasteiger partial charge in [-0.05, 0) is 56.2 Å². The van der Waals surface area contributed by atoms with Crippen LogP contribution >= 0.6 is 11.8 Å². The number of nitrogens with zero attached hydrogens (tertiary/aromatic N) is 3. The maximum Gasteiger partial charge on any atom is 0.234 e. The Morgan fingerprint density at radius 1 is 1.12 bits per heavy atom. The van der Waals surface area contributed by atoms with E-state index in [0.29, 0.717) is 29.8 Å². The first-order chi connectivity index (χ1) is 15.5. The van der Waals surface area contributed by atoms with Crippen molar-refractivity contribution in [2.45, 2.75) is 39.1 Å². The van der Waals surface area contributed by atoms with Crippen LogP contribution in [-0.2, 0) is 17.9 Å². The van der Waals surface area contributed by atoms with Crippen LogP contribution in [0.3, 0.4) is 0 Å². The van der Waals surface area contributed by atoms with Crippen LogP contribution in [0.15, 0.2) is 60.3 Å². The van der Waals surface area contributed by atoms with E-state index in [9.17, 15) is 4.79 Å². The van der Waals surface area contributed by atoms with Crippen LogP contribution in [0.4, 0.5) is 5.69 Å². The van der Waals surface area contributed by atoms with Crippen LogP contribution in [0.2, 0.25) is 0 Å². The highest BCUT2D eigenvalue weighted by Gasteiger charge is 2.15. The van der Waals surface area contributed by atoms with Gasteiger partial charge in [0, 0.05) is 12.2 Å². The Labute approximate surface area is 192 Å². The van der Waals surface area contributed by atoms with E-state index < -0.39 is 0 Å². The van der Waals surface area contributed by atoms with Crippen LogP contribution in [0.25, 0.3) is 0 Å². The molecular weight excluding hydrogens is 424 g/mol. The van der Waals surface area contributed by atoms with Crippen LogP contribution in [-0.4, -0.2) is 33.0 Å². The molecule has 0 radical (unpaired) electrons. The second-order valence-electron chi connectivity index (χ2n) is 7.10. The molecule has 0 aliphatic rings. The molecular formula is C24H28N4O3S. The zero-order valence-electron chi connectivity index (χ0n) is 18.6. The molecule has 0 atom stereocenters. The van der Waals surface area contributed by atoms with Crippen molar-refractivity contribution in [1.29, 1.82) is 0 Å². The van der Waals surface area contributed by atoms with Crippen LogP contribution in [0.1, 0.15) is 23.9 Å². The predicted molar refractivity (Wildman–Crippen MR) is 127 cm³/mol. The molecule has 3 rings (SSSR count). The summed E-state index contributed by atoms with van der Waals surface area (Å²) in [6.45, 7) is 11.2. The van der Waals surface area contributed by atoms with Gasteiger partial charge in [-0.2, -0.15) is 0 Å². The molecule has 0 aliphatic carbocycles. The Bertz CT molecular complexity index is 1040. The smallest absolute Gasteiger partial charge is 0.234 e. The zero-order chi connectivity index (χ0) is 22.9. The summed E-state index contributed by atoms with van der Waals surface area (Å²) in [6.07, 6.45) is 1.77. The average molecular weight is 453 g/mol. The van der Waals surface area contributed by atoms with Gasteiger partial charge in [0.2, 0.25) is 5.91 Å². The van der Waals surface area contributed by atoms with Crippen LogP contribution in [0, 0.1) is 13.8 Å². The highest BCUT2D eigenvalue weighted by atomic mass is 32.2. The van der Waals surface area contributed by atoms with E-state index in [0.717, 1.165) is 22.6 Å². The molecule has 7 nitrogen and oxygen atoms in total. The maximum absolute atomic E-state index is 12.4. The highest BCUT2D eigenvalue weighted by Crippen LogP contribution is 2.24. The van der Waals surface area contributed by atoms with Crippen LogP contribution < -0.4 is 14.8 Å². The summed E-state index contributed by atoms with van der Waals surface area (Å²) in [5.41, 5.74) is 2.86. The van der Waals surface area contributed by atoms with Gasteiger partial charge in [0.1, 0.15) is 18.1 Å². The molecule has 0 saturated heterocycles. The monoisotopic (exact) mass is 452 g/mol. The number of nitrogens with one attached hydrogen (secondary N) is 1. The van der Waals surface area contributed by atoms with Gasteiger partial charge in [-0.3, -0.25) is 9.36 Å². The number of hydrogen-bond acceptors (Lipinski definition) is 6. The van der Waals surface area contributed by atoms with Crippen LogP contribution in [0.5, 0.6) is 11.5 Å². The number of rotatable bonds is 11. The van der Waals surface area contributed by atoms with E-state index in [1.165, 1.54) is 11.8 Å². The molecule has 32 heavy (non-hydrogen) atoms. The molecule has 2 aromatic carbocycles. The average Bonchev–Trinajstić information content (AvgIpc) is 3.15. The van der Waals surface area contributed by atoms with Gasteiger partial charge in [-0.1, -0.05) is 36.0 Å². The maximum atomic E-state index is 12.4. The summed E-state index contributed by atoms with van der Waals surface area (Å²) in [5.74, 6) is 2.39. The third-order valence-corrected chi connectivity index (χ3v) is 5.61. The molecule has 3 aromatic rings. The summed E-state index contributed by atoms with van der Waals surface area (Å²) < 4.78 is 13.4. The lowest BCUT2D eigenvalue weighted by Gasteiger charge is -2.12. The summed E-state index contributed by atoms with van der Waals surface area (Å²) >= 11 is 1.32. The minimum absolute atomic E-state index is 0.124. The number of ether oxygens (including phenoxy) is 2. The lowest BCUT2D eigenvalue weighted by molar-refractivity contribution is -0.113. The van der Waals surface area contributed by atoms with E-state index in [-0.39, 0.29) is 18.3 Å². The molecule has 0 unspecified atom stereocenters. The number of thioether (sulfide) groups is 1. The minimum atomic E-state index is -0.124. The SMILES string of the molecule is C=CCn1c(COc2c(C)cccc2C)nnc1SCC(=O)Nc1ccc(OCC)cc1. The number of aryl methyl sites for hydroxylation is 2. The number of carbonyl (C=O) groups is 1. The van der Waals surface area contributed by atoms with Crippen molar-refractivity contribution in [1.82, 2.24) is 14.8 Å². The second-order valence-corrected chi connectivity index (χ2v) is 8.04. The van der Waals surface area contributed by atoms with Crippen molar-refractivity contribution < 1.29 is 14.3 Å². The fourth-order valence-electron chi connectivity index (χ4n) is 3.14. The summed E-state index contributed by atoms with van der Waals surface area (Å²) in [5, 5.41) is 12.1. The first kappa shape index (κ1) is 23.4. The Morgan fingerprint density at radius 3 is 2.50 bits per heavy atom. The van der Waals surface area contributed by atoms with E-state index in [4.69, 9.17) is 9.47 Å². The molecule has 0 spiro atoms. The van der Waals surface area contributed by atoms with E-state index in [1.54, 1.807) is 6.08 Å². The minimum Gasteiger partial charge on any atom is -0.494 e. The molecule has 0 fully saturated rings. The van der Waals surface area contributed by atoms with Crippen molar-refractivity contribution in [2.24, 2.45) is 0 Å². The Balaban J connectivity index is 1.60. The lowest BCUT2D eigenvalue weighted by Crippen LogP contribution is -2.15. The Hall–Kier alpha value is -3.26. The molecule has 168 valence electrons. The second kappa shape index (κ2) is 11.4. The number of carbonyl (C=O) groups excluding carboxylic acids is 1. The molecule has 1 N–H and O–H groups in total. The Kier molecular flexibility index (Phi) is 8.33. The lowest BCUT2D eigenvalue weighted by atomic mass is 10.1. The van der Waals surface area contributed by atoms with E-state index in [2.05, 4.69) is 22.1 Å². The summed E-state index contributed by atoms with van der Waals surface area (Å²) in [7, 11) is 0. The van der Waals surface area contributed by atoms with Crippen molar-refractivity contribution in [3.63, 3.8) is 0 Å². The van der Waals surface area contributed by atoms with Gasteiger partial charge in [-0.25, -0.2) is 0 Å². The summed E-state index contributed by atoms with van der Waals surface area (Å²) in [6, 6.07) is 13.3. The number of aromatic nitrogens is 3. The number of benzene rings is 2. The third-order valence-electron chi connectivity index (χ3n) is 4.64. The summed E-state index contributed by atoms with van der Waals surface area (Å²) in [4.78, 5) is 12.4. The van der Waals surface area contributed by atoms with Crippen molar-refractivity contribution >= 4 is 23.4 Å². The molecule has 1 heterocycles. The van der Waals surface area contributed by atoms with E-state index in [1.807, 2.05) is 67.8 Å². The van der Waals surface area contributed by atoms with Gasteiger partial charge in [-0.15, -0.1) is 16.8 Å². The number of para-hydroxylation sites is 1. The van der Waals surface area contributed by atoms with Gasteiger partial charge < -0.3 is 14.8 Å². The fraction of sp³-hybridized carbons (Fsp3) is 0.292. The van der Waals surface area contributed by atoms with Gasteiger partial charge in [0.05, 0.1) is 12.4 Å². The first-order valence-electron chi connectivity index (χ1n) is 10.4. The number of allylic oxidation sites excluding steroid dienone is 1. The number of anilines is 1. The van der Waals surface area contributed by atoms with Gasteiger partial charge >= 0.3 is 0 Å². The topological polar surface area (TPSA) is 78.3 Å². The highest BCUT2D eigenvalue weighted by molar-refractivity contribution is 7.99. The largest absolute Gasteiger partial charge is 0.494 e. The normalized spacial score (nSPS) is 10.6. The molecule has 1 aromatic heterocycles. The van der Waals surface area contributed by atoms with E-state index >= 15 is 0 Å². The standard InChI is InChI=1S/C24H28N4O3S/c1-5-14-28-21(15-31-23-17(3)8-7-9-18(23)4)26-27-24(28)32-16-22(29)25-19-10-12-20(13-11-19)30-6-2/h5,7-13H,1,6,14-16H2,2-4H3,(H,25,29). The third kappa shape index (κ3) is 6.13. The molecule has 8 heteroatoms. The molecule has 0 aliphatic heterocycles. The van der Waals surface area contributed by atoms with Crippen molar-refractivity contribution in [2.75, 3.05) is 17.7 Å². The van der Waals surface area contributed by atoms with Gasteiger partial charge in [0.25, 0.3) is 0 Å². The Morgan fingerprint density at radius 2 is 1.84 bits per heavy atom. The number of hydrogen-bond donors (Lipinski definition) is 1. The quantitative estimate of drug-likeness (QED) is 0.333. The predicted octanol–water partition coefficient (Wildman–Crippen LogP) is 4.79. The molecule has 0 saturated carbocycles. The van der Waals surface area contributed by atoms with Crippen molar-refractivity contribution in [3.8, 4) is 11.5 Å². The molecule has 1 amide bonds.